The molecule has 1 aromatic heterocycles. The smallest absolute Gasteiger partial charge is 0.279 e. The lowest BCUT2D eigenvalue weighted by molar-refractivity contribution is -0.116. The summed E-state index contributed by atoms with van der Waals surface area (Å²) in [7, 11) is 1.82. The third kappa shape index (κ3) is 4.69. The molecule has 32 heavy (non-hydrogen) atoms. The van der Waals surface area contributed by atoms with Gasteiger partial charge in [0.2, 0.25) is 5.91 Å². The number of ether oxygens (including phenoxy) is 1. The summed E-state index contributed by atoms with van der Waals surface area (Å²) in [5.41, 5.74) is 2.07. The highest BCUT2D eigenvalue weighted by Crippen LogP contribution is 2.39. The first-order valence-electron chi connectivity index (χ1n) is 10.5. The van der Waals surface area contributed by atoms with Crippen molar-refractivity contribution < 1.29 is 9.53 Å². The van der Waals surface area contributed by atoms with E-state index in [1.165, 1.54) is 11.8 Å². The number of anilines is 1. The summed E-state index contributed by atoms with van der Waals surface area (Å²) in [5.74, 6) is 1.27. The molecule has 1 aliphatic heterocycles. The van der Waals surface area contributed by atoms with E-state index in [1.807, 2.05) is 62.5 Å². The van der Waals surface area contributed by atoms with Gasteiger partial charge in [-0.1, -0.05) is 60.6 Å². The molecule has 3 aromatic rings. The van der Waals surface area contributed by atoms with Crippen molar-refractivity contribution in [3.05, 3.63) is 80.6 Å². The normalized spacial score (nSPS) is 15.2. The van der Waals surface area contributed by atoms with Crippen molar-refractivity contribution in [1.29, 1.82) is 0 Å². The number of rotatable bonds is 7. The van der Waals surface area contributed by atoms with E-state index >= 15 is 0 Å². The van der Waals surface area contributed by atoms with Crippen LogP contribution in [0.15, 0.2) is 58.5 Å². The summed E-state index contributed by atoms with van der Waals surface area (Å²) in [4.78, 5) is 30.1. The van der Waals surface area contributed by atoms with Gasteiger partial charge >= 0.3 is 0 Å². The molecule has 4 rings (SSSR count). The molecule has 1 aliphatic rings. The average Bonchev–Trinajstić information content (AvgIpc) is 2.79. The molecule has 1 N–H and O–H groups in total. The minimum absolute atomic E-state index is 0.136. The van der Waals surface area contributed by atoms with Crippen molar-refractivity contribution in [1.82, 2.24) is 9.55 Å². The van der Waals surface area contributed by atoms with Crippen molar-refractivity contribution in [2.45, 2.75) is 36.6 Å². The number of hydrogen-bond acceptors (Lipinski definition) is 5. The molecule has 1 atom stereocenters. The highest BCUT2D eigenvalue weighted by atomic mass is 35.5. The summed E-state index contributed by atoms with van der Waals surface area (Å²) >= 11 is 7.40. The van der Waals surface area contributed by atoms with Gasteiger partial charge in [0, 0.05) is 35.7 Å². The largest absolute Gasteiger partial charge is 0.493 e. The zero-order valence-corrected chi connectivity index (χ0v) is 19.5. The van der Waals surface area contributed by atoms with Crippen LogP contribution in [-0.4, -0.2) is 22.1 Å². The topological polar surface area (TPSA) is 73.2 Å². The molecule has 0 aliphatic carbocycles. The molecule has 166 valence electrons. The lowest BCUT2D eigenvalue weighted by Gasteiger charge is -2.28. The first kappa shape index (κ1) is 22.4. The molecule has 1 amide bonds. The Morgan fingerprint density at radius 3 is 2.69 bits per heavy atom. The predicted molar refractivity (Wildman–Crippen MR) is 128 cm³/mol. The maximum absolute atomic E-state index is 13.2. The highest BCUT2D eigenvalue weighted by molar-refractivity contribution is 7.98. The summed E-state index contributed by atoms with van der Waals surface area (Å²) in [5, 5.41) is 4.11. The SMILES string of the molecule is CCCOc1ccccc1[C@H]1CC(=O)Nc2c1c(=O)nc(SCc1ccc(Cl)cc1)n2C. The first-order valence-corrected chi connectivity index (χ1v) is 11.8. The number of nitrogens with zero attached hydrogens (tertiary/aromatic N) is 2. The van der Waals surface area contributed by atoms with Crippen LogP contribution in [0.3, 0.4) is 0 Å². The Labute approximate surface area is 196 Å². The van der Waals surface area contributed by atoms with Gasteiger partial charge in [0.1, 0.15) is 11.6 Å². The van der Waals surface area contributed by atoms with Gasteiger partial charge in [-0.15, -0.1) is 0 Å². The standard InChI is InChI=1S/C24H24ClN3O3S/c1-3-12-31-19-7-5-4-6-17(19)18-13-20(29)26-22-21(18)23(30)27-24(28(22)2)32-14-15-8-10-16(25)11-9-15/h4-11,18H,3,12-14H2,1-2H3,(H,26,29)/t18-/m1/s1. The molecule has 0 radical (unpaired) electrons. The molecule has 2 heterocycles. The predicted octanol–water partition coefficient (Wildman–Crippen LogP) is 4.99. The van der Waals surface area contributed by atoms with Crippen LogP contribution < -0.4 is 15.6 Å². The molecule has 8 heteroatoms. The Balaban J connectivity index is 1.70. The van der Waals surface area contributed by atoms with Crippen molar-refractivity contribution in [2.24, 2.45) is 7.05 Å². The van der Waals surface area contributed by atoms with Crippen LogP contribution in [-0.2, 0) is 17.6 Å². The number of aromatic nitrogens is 2. The average molecular weight is 470 g/mol. The second-order valence-corrected chi connectivity index (χ2v) is 9.01. The summed E-state index contributed by atoms with van der Waals surface area (Å²) in [6, 6.07) is 15.1. The number of carbonyl (C=O) groups is 1. The minimum Gasteiger partial charge on any atom is -0.493 e. The van der Waals surface area contributed by atoms with Gasteiger partial charge in [-0.3, -0.25) is 9.59 Å². The maximum Gasteiger partial charge on any atom is 0.279 e. The van der Waals surface area contributed by atoms with Crippen LogP contribution in [0, 0.1) is 0 Å². The Kier molecular flexibility index (Phi) is 6.86. The molecule has 0 saturated heterocycles. The van der Waals surface area contributed by atoms with E-state index in [2.05, 4.69) is 10.3 Å². The van der Waals surface area contributed by atoms with E-state index in [1.54, 1.807) is 4.57 Å². The van der Waals surface area contributed by atoms with Crippen LogP contribution in [0.2, 0.25) is 5.02 Å². The van der Waals surface area contributed by atoms with Crippen LogP contribution in [0.5, 0.6) is 5.75 Å². The minimum atomic E-state index is -0.409. The lowest BCUT2D eigenvalue weighted by atomic mass is 9.86. The van der Waals surface area contributed by atoms with Gasteiger partial charge in [0.05, 0.1) is 12.2 Å². The molecule has 0 saturated carbocycles. The first-order chi connectivity index (χ1) is 15.5. The summed E-state index contributed by atoms with van der Waals surface area (Å²) in [6.45, 7) is 2.61. The molecule has 2 aromatic carbocycles. The molecule has 0 fully saturated rings. The van der Waals surface area contributed by atoms with E-state index in [-0.39, 0.29) is 17.9 Å². The van der Waals surface area contributed by atoms with Crippen molar-refractivity contribution in [3.63, 3.8) is 0 Å². The van der Waals surface area contributed by atoms with Crippen LogP contribution in [0.1, 0.15) is 42.4 Å². The number of carbonyl (C=O) groups excluding carboxylic acids is 1. The number of fused-ring (bicyclic) bond motifs is 1. The van der Waals surface area contributed by atoms with E-state index in [0.29, 0.717) is 39.7 Å². The molecule has 6 nitrogen and oxygen atoms in total. The second kappa shape index (κ2) is 9.79. The van der Waals surface area contributed by atoms with Crippen molar-refractivity contribution >= 4 is 35.1 Å². The number of thioether (sulfide) groups is 1. The van der Waals surface area contributed by atoms with Gasteiger partial charge in [0.15, 0.2) is 5.16 Å². The van der Waals surface area contributed by atoms with Crippen molar-refractivity contribution in [3.8, 4) is 5.75 Å². The van der Waals surface area contributed by atoms with Crippen LogP contribution in [0.25, 0.3) is 0 Å². The Hall–Kier alpha value is -2.77. The molecular formula is C24H24ClN3O3S. The zero-order chi connectivity index (χ0) is 22.7. The highest BCUT2D eigenvalue weighted by Gasteiger charge is 2.33. The van der Waals surface area contributed by atoms with E-state index in [4.69, 9.17) is 16.3 Å². The summed E-state index contributed by atoms with van der Waals surface area (Å²) < 4.78 is 7.69. The van der Waals surface area contributed by atoms with E-state index in [9.17, 15) is 9.59 Å². The third-order valence-corrected chi connectivity index (χ3v) is 6.69. The Morgan fingerprint density at radius 1 is 1.19 bits per heavy atom. The quantitative estimate of drug-likeness (QED) is 0.390. The monoisotopic (exact) mass is 469 g/mol. The number of para-hydroxylation sites is 1. The van der Waals surface area contributed by atoms with Gasteiger partial charge < -0.3 is 14.6 Å². The lowest BCUT2D eigenvalue weighted by Crippen LogP contribution is -2.33. The molecule has 0 bridgehead atoms. The summed E-state index contributed by atoms with van der Waals surface area (Å²) in [6.07, 6.45) is 1.04. The fourth-order valence-electron chi connectivity index (χ4n) is 3.77. The van der Waals surface area contributed by atoms with Gasteiger partial charge in [-0.2, -0.15) is 4.98 Å². The second-order valence-electron chi connectivity index (χ2n) is 7.63. The fourth-order valence-corrected chi connectivity index (χ4v) is 4.82. The maximum atomic E-state index is 13.2. The zero-order valence-electron chi connectivity index (χ0n) is 17.9. The molecule has 0 unspecified atom stereocenters. The number of amides is 1. The number of halogens is 1. The Morgan fingerprint density at radius 2 is 1.94 bits per heavy atom. The number of nitrogens with one attached hydrogen (secondary N) is 1. The van der Waals surface area contributed by atoms with Crippen LogP contribution in [0.4, 0.5) is 5.82 Å². The van der Waals surface area contributed by atoms with Crippen LogP contribution >= 0.6 is 23.4 Å². The van der Waals surface area contributed by atoms with E-state index < -0.39 is 5.92 Å². The van der Waals surface area contributed by atoms with Gasteiger partial charge in [0.25, 0.3) is 5.56 Å². The fraction of sp³-hybridized carbons (Fsp3) is 0.292. The van der Waals surface area contributed by atoms with Crippen molar-refractivity contribution in [2.75, 3.05) is 11.9 Å². The van der Waals surface area contributed by atoms with Gasteiger partial charge in [-0.25, -0.2) is 0 Å². The third-order valence-electron chi connectivity index (χ3n) is 5.34. The van der Waals surface area contributed by atoms with E-state index in [0.717, 1.165) is 17.5 Å². The molecule has 0 spiro atoms. The number of benzene rings is 2. The molecular weight excluding hydrogens is 446 g/mol. The number of hydrogen-bond donors (Lipinski definition) is 1. The Bertz CT molecular complexity index is 1190. The van der Waals surface area contributed by atoms with Gasteiger partial charge in [-0.05, 0) is 30.2 Å².